The first-order chi connectivity index (χ1) is 7.29. The average Bonchev–Trinajstić information content (AvgIpc) is 2.14. The van der Waals surface area contributed by atoms with Crippen LogP contribution in [0.15, 0.2) is 0 Å². The van der Waals surface area contributed by atoms with Crippen molar-refractivity contribution in [2.24, 2.45) is 5.41 Å². The van der Waals surface area contributed by atoms with E-state index < -0.39 is 0 Å². The first-order valence-corrected chi connectivity index (χ1v) is 5.83. The summed E-state index contributed by atoms with van der Waals surface area (Å²) in [4.78, 5) is 13.0. The van der Waals surface area contributed by atoms with E-state index in [1.165, 1.54) is 0 Å². The topological polar surface area (TPSA) is 52.6 Å². The van der Waals surface area contributed by atoms with E-state index in [1.807, 2.05) is 0 Å². The summed E-state index contributed by atoms with van der Waals surface area (Å²) >= 11 is 0. The van der Waals surface area contributed by atoms with Crippen LogP contribution in [0.25, 0.3) is 0 Å². The van der Waals surface area contributed by atoms with Gasteiger partial charge in [-0.15, -0.1) is 0 Å². The third-order valence-corrected chi connectivity index (χ3v) is 2.69. The standard InChI is InChI=1S/C12H26N2O2/c1-12(2,3)10(7-9-15)13-8-6-11(16)14(4)5/h10,13,15H,6-9H2,1-5H3. The van der Waals surface area contributed by atoms with E-state index in [0.717, 1.165) is 6.42 Å². The molecule has 4 heteroatoms. The quantitative estimate of drug-likeness (QED) is 0.711. The number of hydrogen-bond donors (Lipinski definition) is 2. The van der Waals surface area contributed by atoms with Crippen LogP contribution in [0, 0.1) is 5.41 Å². The molecule has 0 aliphatic heterocycles. The summed E-state index contributed by atoms with van der Waals surface area (Å²) in [6.07, 6.45) is 1.23. The fraction of sp³-hybridized carbons (Fsp3) is 0.917. The Morgan fingerprint density at radius 1 is 1.38 bits per heavy atom. The first kappa shape index (κ1) is 15.4. The summed E-state index contributed by atoms with van der Waals surface area (Å²) in [5, 5.41) is 12.3. The molecule has 16 heavy (non-hydrogen) atoms. The van der Waals surface area contributed by atoms with Gasteiger partial charge in [0.25, 0.3) is 0 Å². The fourth-order valence-corrected chi connectivity index (χ4v) is 1.55. The van der Waals surface area contributed by atoms with Gasteiger partial charge in [-0.3, -0.25) is 4.79 Å². The van der Waals surface area contributed by atoms with Gasteiger partial charge in [0.2, 0.25) is 5.91 Å². The Labute approximate surface area is 99.0 Å². The van der Waals surface area contributed by atoms with E-state index in [2.05, 4.69) is 26.1 Å². The Morgan fingerprint density at radius 3 is 2.31 bits per heavy atom. The molecule has 0 aromatic carbocycles. The Hall–Kier alpha value is -0.610. The number of hydrogen-bond acceptors (Lipinski definition) is 3. The number of aliphatic hydroxyl groups is 1. The maximum atomic E-state index is 11.4. The molecule has 4 nitrogen and oxygen atoms in total. The van der Waals surface area contributed by atoms with Crippen LogP contribution in [0.1, 0.15) is 33.6 Å². The minimum Gasteiger partial charge on any atom is -0.396 e. The zero-order chi connectivity index (χ0) is 12.8. The SMILES string of the molecule is CN(C)C(=O)CCNC(CCO)C(C)(C)C. The summed E-state index contributed by atoms with van der Waals surface area (Å²) in [5.41, 5.74) is 0.101. The number of carbonyl (C=O) groups is 1. The van der Waals surface area contributed by atoms with Crippen LogP contribution in [-0.2, 0) is 4.79 Å². The molecule has 0 rings (SSSR count). The number of nitrogens with zero attached hydrogens (tertiary/aromatic N) is 1. The van der Waals surface area contributed by atoms with Crippen molar-refractivity contribution >= 4 is 5.91 Å². The third kappa shape index (κ3) is 6.08. The van der Waals surface area contributed by atoms with E-state index in [0.29, 0.717) is 13.0 Å². The van der Waals surface area contributed by atoms with Crippen LogP contribution >= 0.6 is 0 Å². The molecule has 0 heterocycles. The van der Waals surface area contributed by atoms with E-state index in [4.69, 9.17) is 5.11 Å². The first-order valence-electron chi connectivity index (χ1n) is 5.83. The van der Waals surface area contributed by atoms with E-state index in [-0.39, 0.29) is 24.0 Å². The molecule has 0 fully saturated rings. The van der Waals surface area contributed by atoms with Crippen molar-refractivity contribution in [2.45, 2.75) is 39.7 Å². The Bertz CT molecular complexity index is 210. The van der Waals surface area contributed by atoms with Crippen molar-refractivity contribution < 1.29 is 9.90 Å². The van der Waals surface area contributed by atoms with Crippen molar-refractivity contribution in [3.8, 4) is 0 Å². The lowest BCUT2D eigenvalue weighted by atomic mass is 9.85. The molecule has 1 atom stereocenters. The molecule has 0 aromatic heterocycles. The molecular formula is C12H26N2O2. The van der Waals surface area contributed by atoms with Crippen LogP contribution in [0.5, 0.6) is 0 Å². The second-order valence-electron chi connectivity index (χ2n) is 5.42. The van der Waals surface area contributed by atoms with E-state index >= 15 is 0 Å². The normalized spacial score (nSPS) is 13.6. The van der Waals surface area contributed by atoms with Gasteiger partial charge in [0.1, 0.15) is 0 Å². The van der Waals surface area contributed by atoms with Crippen LogP contribution in [0.3, 0.4) is 0 Å². The predicted molar refractivity (Wildman–Crippen MR) is 66.3 cm³/mol. The largest absolute Gasteiger partial charge is 0.396 e. The Balaban J connectivity index is 3.99. The molecule has 0 aromatic rings. The minimum atomic E-state index is 0.101. The minimum absolute atomic E-state index is 0.101. The Morgan fingerprint density at radius 2 is 1.94 bits per heavy atom. The summed E-state index contributed by atoms with van der Waals surface area (Å²) in [6, 6.07) is 0.243. The number of amides is 1. The second-order valence-corrected chi connectivity index (χ2v) is 5.42. The molecule has 0 radical (unpaired) electrons. The van der Waals surface area contributed by atoms with E-state index in [1.54, 1.807) is 19.0 Å². The number of rotatable bonds is 6. The second kappa shape index (κ2) is 6.86. The maximum Gasteiger partial charge on any atom is 0.223 e. The molecule has 96 valence electrons. The highest BCUT2D eigenvalue weighted by atomic mass is 16.3. The molecule has 0 saturated carbocycles. The van der Waals surface area contributed by atoms with Crippen LogP contribution in [0.4, 0.5) is 0 Å². The van der Waals surface area contributed by atoms with Gasteiger partial charge in [-0.25, -0.2) is 0 Å². The zero-order valence-electron chi connectivity index (χ0n) is 11.2. The molecule has 0 saturated heterocycles. The molecule has 1 unspecified atom stereocenters. The van der Waals surface area contributed by atoms with Crippen molar-refractivity contribution in [2.75, 3.05) is 27.2 Å². The summed E-state index contributed by atoms with van der Waals surface area (Å²) in [5.74, 6) is 0.129. The molecule has 0 spiro atoms. The van der Waals surface area contributed by atoms with Crippen LogP contribution in [-0.4, -0.2) is 49.2 Å². The van der Waals surface area contributed by atoms with Crippen LogP contribution < -0.4 is 5.32 Å². The molecule has 1 amide bonds. The van der Waals surface area contributed by atoms with Crippen molar-refractivity contribution in [1.82, 2.24) is 10.2 Å². The fourth-order valence-electron chi connectivity index (χ4n) is 1.55. The van der Waals surface area contributed by atoms with Crippen molar-refractivity contribution in [1.29, 1.82) is 0 Å². The highest BCUT2D eigenvalue weighted by molar-refractivity contribution is 5.75. The molecule has 0 aliphatic carbocycles. The van der Waals surface area contributed by atoms with Gasteiger partial charge < -0.3 is 15.3 Å². The van der Waals surface area contributed by atoms with Gasteiger partial charge in [-0.1, -0.05) is 20.8 Å². The summed E-state index contributed by atoms with van der Waals surface area (Å²) in [7, 11) is 3.52. The van der Waals surface area contributed by atoms with E-state index in [9.17, 15) is 4.79 Å². The summed E-state index contributed by atoms with van der Waals surface area (Å²) < 4.78 is 0. The van der Waals surface area contributed by atoms with Gasteiger partial charge in [0.15, 0.2) is 0 Å². The van der Waals surface area contributed by atoms with Gasteiger partial charge >= 0.3 is 0 Å². The van der Waals surface area contributed by atoms with Crippen molar-refractivity contribution in [3.63, 3.8) is 0 Å². The third-order valence-electron chi connectivity index (χ3n) is 2.69. The van der Waals surface area contributed by atoms with Gasteiger partial charge in [0.05, 0.1) is 0 Å². The zero-order valence-corrected chi connectivity index (χ0v) is 11.2. The van der Waals surface area contributed by atoms with Gasteiger partial charge in [-0.05, 0) is 11.8 Å². The smallest absolute Gasteiger partial charge is 0.223 e. The molecule has 2 N–H and O–H groups in total. The maximum absolute atomic E-state index is 11.4. The molecular weight excluding hydrogens is 204 g/mol. The molecule has 0 aliphatic rings. The molecule has 0 bridgehead atoms. The van der Waals surface area contributed by atoms with Gasteiger partial charge in [0, 0.05) is 39.7 Å². The number of carbonyl (C=O) groups excluding carboxylic acids is 1. The number of nitrogens with one attached hydrogen (secondary N) is 1. The lowest BCUT2D eigenvalue weighted by molar-refractivity contribution is -0.128. The predicted octanol–water partition coefficient (Wildman–Crippen LogP) is 0.851. The van der Waals surface area contributed by atoms with Crippen molar-refractivity contribution in [3.05, 3.63) is 0 Å². The number of aliphatic hydroxyl groups excluding tert-OH is 1. The monoisotopic (exact) mass is 230 g/mol. The highest BCUT2D eigenvalue weighted by Gasteiger charge is 2.23. The van der Waals surface area contributed by atoms with Crippen LogP contribution in [0.2, 0.25) is 0 Å². The Kier molecular flexibility index (Phi) is 6.60. The lowest BCUT2D eigenvalue weighted by Gasteiger charge is -2.31. The van der Waals surface area contributed by atoms with Gasteiger partial charge in [-0.2, -0.15) is 0 Å². The summed E-state index contributed by atoms with van der Waals surface area (Å²) in [6.45, 7) is 7.24. The lowest BCUT2D eigenvalue weighted by Crippen LogP contribution is -2.42. The average molecular weight is 230 g/mol. The highest BCUT2D eigenvalue weighted by Crippen LogP contribution is 2.21.